The van der Waals surface area contributed by atoms with E-state index in [0.717, 1.165) is 0 Å². The van der Waals surface area contributed by atoms with Crippen molar-refractivity contribution in [2.45, 2.75) is 47.0 Å². The van der Waals surface area contributed by atoms with E-state index < -0.39 is 73.6 Å². The van der Waals surface area contributed by atoms with E-state index in [9.17, 15) is 83.1 Å². The third-order valence-corrected chi connectivity index (χ3v) is 5.21. The first kappa shape index (κ1) is 31.5. The van der Waals surface area contributed by atoms with Gasteiger partial charge in [-0.2, -0.15) is 83.1 Å². The van der Waals surface area contributed by atoms with Crippen molar-refractivity contribution in [3.05, 3.63) is 12.1 Å². The molecule has 1 heterocycles. The second kappa shape index (κ2) is 7.97. The van der Waals surface area contributed by atoms with E-state index >= 15 is 0 Å². The molecule has 24 heteroatoms. The fourth-order valence-corrected chi connectivity index (χ4v) is 2.81. The van der Waals surface area contributed by atoms with Gasteiger partial charge in [-0.15, -0.1) is 0 Å². The van der Waals surface area contributed by atoms with Crippen LogP contribution in [0.1, 0.15) is 0 Å². The SMILES string of the molecule is O=S(=O)(On1c(O)ccc1O)C(F)(F)C(F)(F)C(F)(F)C(F)(F)C(F)(F)C(F)(F)C(F)(F)C(F)(F)F. The van der Waals surface area contributed by atoms with Crippen LogP contribution in [-0.2, 0) is 10.1 Å². The van der Waals surface area contributed by atoms with E-state index in [2.05, 4.69) is 4.28 Å². The molecule has 2 N–H and O–H groups in total. The van der Waals surface area contributed by atoms with Crippen LogP contribution < -0.4 is 4.28 Å². The Labute approximate surface area is 184 Å². The molecule has 0 atom stereocenters. The lowest BCUT2D eigenvalue weighted by atomic mass is 9.91. The minimum atomic E-state index is -8.99. The molecule has 1 aromatic heterocycles. The number of hydrogen-bond donors (Lipinski definition) is 2. The summed E-state index contributed by atoms with van der Waals surface area (Å²) in [5.41, 5.74) is 0. The molecular formula is C12H4F17NO5S. The molecule has 0 unspecified atom stereocenters. The van der Waals surface area contributed by atoms with Gasteiger partial charge in [0.2, 0.25) is 11.8 Å². The van der Waals surface area contributed by atoms with Gasteiger partial charge in [-0.3, -0.25) is 4.28 Å². The highest BCUT2D eigenvalue weighted by atomic mass is 32.2. The largest absolute Gasteiger partial charge is 0.492 e. The minimum Gasteiger partial charge on any atom is -0.492 e. The number of alkyl halides is 17. The maximum Gasteiger partial charge on any atom is 0.460 e. The van der Waals surface area contributed by atoms with Crippen molar-refractivity contribution in [2.75, 3.05) is 0 Å². The van der Waals surface area contributed by atoms with Crippen LogP contribution in [0.25, 0.3) is 0 Å². The van der Waals surface area contributed by atoms with Gasteiger partial charge < -0.3 is 10.2 Å². The summed E-state index contributed by atoms with van der Waals surface area (Å²) < 4.78 is 248. The molecule has 0 fully saturated rings. The average Bonchev–Trinajstić information content (AvgIpc) is 2.97. The van der Waals surface area contributed by atoms with Gasteiger partial charge in [0.15, 0.2) is 0 Å². The number of rotatable bonds is 9. The lowest BCUT2D eigenvalue weighted by Crippen LogP contribution is -2.75. The van der Waals surface area contributed by atoms with Crippen molar-refractivity contribution < 1.29 is 97.6 Å². The zero-order valence-corrected chi connectivity index (χ0v) is 16.4. The van der Waals surface area contributed by atoms with Crippen molar-refractivity contribution in [3.63, 3.8) is 0 Å². The maximum absolute atomic E-state index is 13.8. The Morgan fingerprint density at radius 3 is 1.14 bits per heavy atom. The van der Waals surface area contributed by atoms with Crippen LogP contribution in [0.2, 0.25) is 0 Å². The standard InChI is InChI=1S/C12H4F17NO5S/c13-5(14,7(17,18)9(21,22)11(25,26)27)6(15,16)8(19,20)10(23,24)12(28,29)36(33,34)35-30-3(31)1-2-4(30)32/h1-2,31-32H. The zero-order chi connectivity index (χ0) is 29.4. The molecule has 0 aliphatic carbocycles. The van der Waals surface area contributed by atoms with Gasteiger partial charge in [0.05, 0.1) is 0 Å². The van der Waals surface area contributed by atoms with E-state index in [-0.39, 0.29) is 12.1 Å². The van der Waals surface area contributed by atoms with Crippen molar-refractivity contribution in [3.8, 4) is 11.8 Å². The topological polar surface area (TPSA) is 88.8 Å². The Balaban J connectivity index is 3.73. The van der Waals surface area contributed by atoms with Gasteiger partial charge in [0, 0.05) is 12.1 Å². The lowest BCUT2D eigenvalue weighted by Gasteiger charge is -2.42. The third kappa shape index (κ3) is 3.81. The molecule has 0 spiro atoms. The smallest absolute Gasteiger partial charge is 0.460 e. The molecule has 0 radical (unpaired) electrons. The Hall–Kier alpha value is -2.56. The van der Waals surface area contributed by atoms with Gasteiger partial charge >= 0.3 is 57.1 Å². The summed E-state index contributed by atoms with van der Waals surface area (Å²) in [6, 6.07) is 0.265. The first-order valence-corrected chi connectivity index (χ1v) is 9.06. The van der Waals surface area contributed by atoms with Crippen molar-refractivity contribution in [1.82, 2.24) is 4.73 Å². The summed E-state index contributed by atoms with van der Waals surface area (Å²) in [5.74, 6) is -56.1. The van der Waals surface area contributed by atoms with Gasteiger partial charge in [-0.1, -0.05) is 4.73 Å². The Bertz CT molecular complexity index is 1070. The molecule has 0 aliphatic rings. The van der Waals surface area contributed by atoms with Gasteiger partial charge in [-0.25, -0.2) is 0 Å². The Morgan fingerprint density at radius 1 is 0.556 bits per heavy atom. The van der Waals surface area contributed by atoms with E-state index in [4.69, 9.17) is 10.2 Å². The molecule has 36 heavy (non-hydrogen) atoms. The second-order valence-electron chi connectivity index (χ2n) is 6.33. The summed E-state index contributed by atoms with van der Waals surface area (Å²) in [6.45, 7) is 0. The Morgan fingerprint density at radius 2 is 0.833 bits per heavy atom. The van der Waals surface area contributed by atoms with Crippen LogP contribution in [0.5, 0.6) is 11.8 Å². The highest BCUT2D eigenvalue weighted by Crippen LogP contribution is 2.64. The molecule has 1 aromatic rings. The highest BCUT2D eigenvalue weighted by Gasteiger charge is 2.96. The van der Waals surface area contributed by atoms with Gasteiger partial charge in [0.1, 0.15) is 0 Å². The number of aromatic nitrogens is 1. The van der Waals surface area contributed by atoms with Crippen LogP contribution >= 0.6 is 0 Å². The number of halogens is 17. The van der Waals surface area contributed by atoms with Crippen LogP contribution in [0.3, 0.4) is 0 Å². The third-order valence-electron chi connectivity index (χ3n) is 3.98. The number of aromatic hydroxyl groups is 2. The molecule has 0 aromatic carbocycles. The predicted molar refractivity (Wildman–Crippen MR) is 73.9 cm³/mol. The van der Waals surface area contributed by atoms with Crippen LogP contribution in [0.4, 0.5) is 74.6 Å². The quantitative estimate of drug-likeness (QED) is 0.406. The second-order valence-corrected chi connectivity index (χ2v) is 7.90. The number of nitrogens with zero attached hydrogens (tertiary/aromatic N) is 1. The maximum atomic E-state index is 13.8. The molecule has 6 nitrogen and oxygen atoms in total. The first-order chi connectivity index (χ1) is 15.4. The molecule has 0 amide bonds. The zero-order valence-electron chi connectivity index (χ0n) is 15.6. The lowest BCUT2D eigenvalue weighted by molar-refractivity contribution is -0.458. The fraction of sp³-hybridized carbons (Fsp3) is 0.667. The van der Waals surface area contributed by atoms with Crippen LogP contribution in [0, 0.1) is 0 Å². The molecular weight excluding hydrogens is 593 g/mol. The van der Waals surface area contributed by atoms with Gasteiger partial charge in [-0.05, 0) is 0 Å². The Kier molecular flexibility index (Phi) is 6.96. The van der Waals surface area contributed by atoms with E-state index in [0.29, 0.717) is 0 Å². The predicted octanol–water partition coefficient (Wildman–Crippen LogP) is 4.62. The average molecular weight is 597 g/mol. The van der Waals surface area contributed by atoms with E-state index in [1.807, 2.05) is 0 Å². The normalized spacial score (nSPS) is 15.8. The van der Waals surface area contributed by atoms with Gasteiger partial charge in [0.25, 0.3) is 0 Å². The molecule has 1 rings (SSSR count). The highest BCUT2D eigenvalue weighted by molar-refractivity contribution is 7.88. The van der Waals surface area contributed by atoms with Crippen molar-refractivity contribution >= 4 is 10.1 Å². The monoisotopic (exact) mass is 597 g/mol. The molecule has 0 aliphatic heterocycles. The summed E-state index contributed by atoms with van der Waals surface area (Å²) in [5, 5.41) is 9.97. The van der Waals surface area contributed by atoms with Crippen LogP contribution in [-0.4, -0.2) is 70.3 Å². The minimum absolute atomic E-state index is 0.132. The summed E-state index contributed by atoms with van der Waals surface area (Å²) in [6.07, 6.45) is -7.93. The van der Waals surface area contributed by atoms with E-state index in [1.165, 1.54) is 0 Å². The molecule has 0 saturated heterocycles. The summed E-state index contributed by atoms with van der Waals surface area (Å²) in [4.78, 5) is 0. The molecule has 0 saturated carbocycles. The summed E-state index contributed by atoms with van der Waals surface area (Å²) in [7, 11) is -7.98. The summed E-state index contributed by atoms with van der Waals surface area (Å²) >= 11 is 0. The van der Waals surface area contributed by atoms with Crippen molar-refractivity contribution in [2.24, 2.45) is 0 Å². The van der Waals surface area contributed by atoms with E-state index in [1.54, 1.807) is 0 Å². The first-order valence-electron chi connectivity index (χ1n) is 7.65. The van der Waals surface area contributed by atoms with Crippen molar-refractivity contribution in [1.29, 1.82) is 0 Å². The van der Waals surface area contributed by atoms with Crippen LogP contribution in [0.15, 0.2) is 12.1 Å². The number of hydrogen-bond acceptors (Lipinski definition) is 5. The molecule has 0 bridgehead atoms. The molecule has 212 valence electrons. The fourth-order valence-electron chi connectivity index (χ4n) is 1.93.